The fraction of sp³-hybridized carbons (Fsp3) is 0.800. The van der Waals surface area contributed by atoms with Gasteiger partial charge in [0.05, 0.1) is 6.54 Å². The van der Waals surface area contributed by atoms with E-state index in [-0.39, 0.29) is 25.5 Å². The number of aromatic nitrogens is 3. The summed E-state index contributed by atoms with van der Waals surface area (Å²) in [5.74, 6) is 0.430. The van der Waals surface area contributed by atoms with Gasteiger partial charge < -0.3 is 10.1 Å². The molecule has 1 unspecified atom stereocenters. The van der Waals surface area contributed by atoms with Crippen LogP contribution in [0.15, 0.2) is 0 Å². The molecule has 0 radical (unpaired) electrons. The highest BCUT2D eigenvalue weighted by atomic mass is 19.4. The molecular weight excluding hydrogens is 325 g/mol. The number of nitrogens with zero attached hydrogens (tertiary/aromatic N) is 3. The van der Waals surface area contributed by atoms with Crippen LogP contribution >= 0.6 is 0 Å². The Kier molecular flexibility index (Phi) is 4.54. The van der Waals surface area contributed by atoms with Crippen LogP contribution in [0.25, 0.3) is 0 Å². The zero-order chi connectivity index (χ0) is 17.4. The smallest absolute Gasteiger partial charge is 0.377 e. The Morgan fingerprint density at radius 2 is 2.12 bits per heavy atom. The number of carbonyl (C=O) groups is 1. The Balaban J connectivity index is 1.69. The molecule has 0 aromatic carbocycles. The van der Waals surface area contributed by atoms with E-state index in [0.717, 1.165) is 5.82 Å². The molecule has 1 N–H and O–H groups in total. The van der Waals surface area contributed by atoms with Gasteiger partial charge in [-0.15, -0.1) is 0 Å². The molecule has 3 rings (SSSR count). The van der Waals surface area contributed by atoms with Gasteiger partial charge in [0.1, 0.15) is 17.8 Å². The van der Waals surface area contributed by atoms with Gasteiger partial charge in [-0.25, -0.2) is 9.67 Å². The highest BCUT2D eigenvalue weighted by molar-refractivity contribution is 5.84. The molecule has 1 saturated carbocycles. The largest absolute Gasteiger partial charge is 0.403 e. The van der Waals surface area contributed by atoms with Gasteiger partial charge >= 0.3 is 6.18 Å². The van der Waals surface area contributed by atoms with Crippen molar-refractivity contribution in [1.82, 2.24) is 20.1 Å². The molecule has 1 aromatic heterocycles. The van der Waals surface area contributed by atoms with E-state index in [9.17, 15) is 18.0 Å². The average molecular weight is 346 g/mol. The molecule has 2 aliphatic rings. The molecule has 1 aromatic rings. The minimum Gasteiger partial charge on any atom is -0.377 e. The lowest BCUT2D eigenvalue weighted by Crippen LogP contribution is -2.53. The topological polar surface area (TPSA) is 69.0 Å². The molecule has 1 amide bonds. The molecule has 2 heterocycles. The standard InChI is InChI=1S/C15H21F3N4O2/c1-24-9-11-20-12-5-4-10(8-22(12)21-11)19-13(23)14(15(16,17)18)6-2-3-7-14/h10H,2-9H2,1H3,(H,19,23). The van der Waals surface area contributed by atoms with Crippen molar-refractivity contribution in [3.8, 4) is 0 Å². The highest BCUT2D eigenvalue weighted by Gasteiger charge is 2.61. The molecule has 0 bridgehead atoms. The zero-order valence-corrected chi connectivity index (χ0v) is 13.5. The summed E-state index contributed by atoms with van der Waals surface area (Å²) in [4.78, 5) is 16.7. The first-order valence-electron chi connectivity index (χ1n) is 8.15. The number of hydrogen-bond acceptors (Lipinski definition) is 4. The molecular formula is C15H21F3N4O2. The lowest BCUT2D eigenvalue weighted by Gasteiger charge is -2.33. The van der Waals surface area contributed by atoms with Gasteiger partial charge in [-0.2, -0.15) is 18.3 Å². The predicted molar refractivity (Wildman–Crippen MR) is 77.9 cm³/mol. The van der Waals surface area contributed by atoms with Crippen molar-refractivity contribution in [3.63, 3.8) is 0 Å². The maximum Gasteiger partial charge on any atom is 0.403 e. The first-order chi connectivity index (χ1) is 11.4. The number of amides is 1. The number of nitrogens with one attached hydrogen (secondary N) is 1. The lowest BCUT2D eigenvalue weighted by atomic mass is 9.84. The summed E-state index contributed by atoms with van der Waals surface area (Å²) in [6.45, 7) is 0.625. The third kappa shape index (κ3) is 3.01. The van der Waals surface area contributed by atoms with Crippen LogP contribution in [0.2, 0.25) is 0 Å². The van der Waals surface area contributed by atoms with Crippen molar-refractivity contribution in [3.05, 3.63) is 11.6 Å². The number of fused-ring (bicyclic) bond motifs is 1. The summed E-state index contributed by atoms with van der Waals surface area (Å²) >= 11 is 0. The maximum atomic E-state index is 13.4. The number of carbonyl (C=O) groups excluding carboxylic acids is 1. The molecule has 6 nitrogen and oxygen atoms in total. The van der Waals surface area contributed by atoms with E-state index < -0.39 is 17.5 Å². The van der Waals surface area contributed by atoms with Crippen molar-refractivity contribution in [2.24, 2.45) is 5.41 Å². The normalized spacial score (nSPS) is 23.1. The van der Waals surface area contributed by atoms with E-state index in [1.165, 1.54) is 0 Å². The SMILES string of the molecule is COCc1nc2n(n1)CC(NC(=O)C1(C(F)(F)F)CCCC1)CC2. The van der Waals surface area contributed by atoms with Gasteiger partial charge in [-0.1, -0.05) is 12.8 Å². The Morgan fingerprint density at radius 3 is 2.75 bits per heavy atom. The van der Waals surface area contributed by atoms with Crippen molar-refractivity contribution in [2.45, 2.75) is 63.9 Å². The Labute approximate surface area is 137 Å². The number of ether oxygens (including phenoxy) is 1. The van der Waals surface area contributed by atoms with Gasteiger partial charge in [0, 0.05) is 19.6 Å². The summed E-state index contributed by atoms with van der Waals surface area (Å²) in [6, 6.07) is -0.359. The van der Waals surface area contributed by atoms with Gasteiger partial charge in [0.15, 0.2) is 5.82 Å². The number of alkyl halides is 3. The predicted octanol–water partition coefficient (Wildman–Crippen LogP) is 1.98. The van der Waals surface area contributed by atoms with Crippen LogP contribution in [0.4, 0.5) is 13.2 Å². The van der Waals surface area contributed by atoms with E-state index in [1.54, 1.807) is 11.8 Å². The molecule has 134 valence electrons. The average Bonchev–Trinajstić information content (AvgIpc) is 3.13. The van der Waals surface area contributed by atoms with Crippen molar-refractivity contribution < 1.29 is 22.7 Å². The van der Waals surface area contributed by atoms with Gasteiger partial charge in [-0.05, 0) is 19.3 Å². The molecule has 9 heteroatoms. The molecule has 0 saturated heterocycles. The summed E-state index contributed by atoms with van der Waals surface area (Å²) in [5.41, 5.74) is -2.23. The maximum absolute atomic E-state index is 13.4. The van der Waals surface area contributed by atoms with Crippen LogP contribution in [0.5, 0.6) is 0 Å². The number of hydrogen-bond donors (Lipinski definition) is 1. The fourth-order valence-corrected chi connectivity index (χ4v) is 3.61. The van der Waals surface area contributed by atoms with Crippen LogP contribution in [0, 0.1) is 5.41 Å². The second-order valence-electron chi connectivity index (χ2n) is 6.56. The second kappa shape index (κ2) is 6.34. The molecule has 0 spiro atoms. The van der Waals surface area contributed by atoms with Crippen molar-refractivity contribution in [2.75, 3.05) is 7.11 Å². The molecule has 1 fully saturated rings. The van der Waals surface area contributed by atoms with E-state index in [1.807, 2.05) is 0 Å². The zero-order valence-electron chi connectivity index (χ0n) is 13.5. The van der Waals surface area contributed by atoms with Crippen LogP contribution < -0.4 is 5.32 Å². The molecule has 1 aliphatic carbocycles. The lowest BCUT2D eigenvalue weighted by molar-refractivity contribution is -0.220. The van der Waals surface area contributed by atoms with E-state index >= 15 is 0 Å². The van der Waals surface area contributed by atoms with Gasteiger partial charge in [0.2, 0.25) is 5.91 Å². The minimum atomic E-state index is -4.51. The Hall–Kier alpha value is -1.64. The van der Waals surface area contributed by atoms with E-state index in [0.29, 0.717) is 38.1 Å². The molecule has 1 atom stereocenters. The molecule has 1 aliphatic heterocycles. The van der Waals surface area contributed by atoms with Gasteiger partial charge in [0.25, 0.3) is 0 Å². The van der Waals surface area contributed by atoms with Gasteiger partial charge in [-0.3, -0.25) is 4.79 Å². The monoisotopic (exact) mass is 346 g/mol. The number of halogens is 3. The van der Waals surface area contributed by atoms with Crippen LogP contribution in [-0.4, -0.2) is 40.0 Å². The quantitative estimate of drug-likeness (QED) is 0.905. The number of rotatable bonds is 4. The highest BCUT2D eigenvalue weighted by Crippen LogP contribution is 2.50. The molecule has 24 heavy (non-hydrogen) atoms. The van der Waals surface area contributed by atoms with Crippen LogP contribution in [-0.2, 0) is 29.1 Å². The minimum absolute atomic E-state index is 0.123. The van der Waals surface area contributed by atoms with E-state index in [2.05, 4.69) is 15.4 Å². The second-order valence-corrected chi connectivity index (χ2v) is 6.56. The first-order valence-corrected chi connectivity index (χ1v) is 8.15. The third-order valence-corrected chi connectivity index (χ3v) is 4.94. The number of methoxy groups -OCH3 is 1. The van der Waals surface area contributed by atoms with Crippen LogP contribution in [0.3, 0.4) is 0 Å². The van der Waals surface area contributed by atoms with Crippen molar-refractivity contribution >= 4 is 5.91 Å². The van der Waals surface area contributed by atoms with E-state index in [4.69, 9.17) is 4.74 Å². The number of aryl methyl sites for hydroxylation is 1. The first kappa shape index (κ1) is 17.2. The summed E-state index contributed by atoms with van der Waals surface area (Å²) in [7, 11) is 1.54. The Morgan fingerprint density at radius 1 is 1.42 bits per heavy atom. The third-order valence-electron chi connectivity index (χ3n) is 4.94. The van der Waals surface area contributed by atoms with Crippen molar-refractivity contribution in [1.29, 1.82) is 0 Å². The summed E-state index contributed by atoms with van der Waals surface area (Å²) in [6.07, 6.45) is -2.75. The summed E-state index contributed by atoms with van der Waals surface area (Å²) in [5, 5.41) is 6.88. The fourth-order valence-electron chi connectivity index (χ4n) is 3.61. The summed E-state index contributed by atoms with van der Waals surface area (Å²) < 4.78 is 47.0. The van der Waals surface area contributed by atoms with Crippen LogP contribution in [0.1, 0.15) is 43.8 Å². The Bertz CT molecular complexity index is 608.